The van der Waals surface area contributed by atoms with Crippen LogP contribution in [0.1, 0.15) is 58.6 Å². The van der Waals surface area contributed by atoms with E-state index in [4.69, 9.17) is 18.6 Å². The van der Waals surface area contributed by atoms with Gasteiger partial charge in [0.2, 0.25) is 5.76 Å². The van der Waals surface area contributed by atoms with Crippen LogP contribution in [0.2, 0.25) is 0 Å². The first-order valence-electron chi connectivity index (χ1n) is 11.6. The second kappa shape index (κ2) is 9.89. The molecule has 2 heterocycles. The maximum atomic E-state index is 13.7. The lowest BCUT2D eigenvalue weighted by Crippen LogP contribution is -2.32. The molecule has 0 N–H and O–H groups in total. The fourth-order valence-corrected chi connectivity index (χ4v) is 4.34. The SMILES string of the molecule is CCCCOc1ccc(C2c3c(oc4cc(C)c(C)cc4c3=O)C(=O)N2CCOC)cc1OC. The Kier molecular flexibility index (Phi) is 6.93. The number of unbranched alkanes of at least 4 members (excludes halogenated alkanes) is 1. The van der Waals surface area contributed by atoms with Gasteiger partial charge in [-0.25, -0.2) is 0 Å². The molecule has 7 heteroatoms. The van der Waals surface area contributed by atoms with Gasteiger partial charge < -0.3 is 23.5 Å². The van der Waals surface area contributed by atoms with Crippen LogP contribution in [-0.4, -0.2) is 44.8 Å². The number of hydrogen-bond donors (Lipinski definition) is 0. The summed E-state index contributed by atoms with van der Waals surface area (Å²) in [6.07, 6.45) is 1.96. The van der Waals surface area contributed by atoms with Crippen molar-refractivity contribution in [3.63, 3.8) is 0 Å². The molecule has 1 aliphatic rings. The van der Waals surface area contributed by atoms with Crippen molar-refractivity contribution in [3.8, 4) is 11.5 Å². The van der Waals surface area contributed by atoms with Crippen LogP contribution in [0.5, 0.6) is 11.5 Å². The van der Waals surface area contributed by atoms with E-state index in [9.17, 15) is 9.59 Å². The summed E-state index contributed by atoms with van der Waals surface area (Å²) in [6, 6.07) is 8.58. The van der Waals surface area contributed by atoms with E-state index in [0.29, 0.717) is 47.8 Å². The highest BCUT2D eigenvalue weighted by molar-refractivity contribution is 5.99. The molecule has 1 atom stereocenters. The fourth-order valence-electron chi connectivity index (χ4n) is 4.34. The molecule has 0 spiro atoms. The highest BCUT2D eigenvalue weighted by Gasteiger charge is 2.42. The van der Waals surface area contributed by atoms with Crippen LogP contribution in [0.3, 0.4) is 0 Å². The van der Waals surface area contributed by atoms with Crippen LogP contribution in [0, 0.1) is 13.8 Å². The number of benzene rings is 2. The number of hydrogen-bond acceptors (Lipinski definition) is 6. The van der Waals surface area contributed by atoms with Gasteiger partial charge in [-0.15, -0.1) is 0 Å². The molecular weight excluding hydrogens is 434 g/mol. The van der Waals surface area contributed by atoms with E-state index in [1.165, 1.54) is 0 Å². The Morgan fingerprint density at radius 1 is 1.00 bits per heavy atom. The number of fused-ring (bicyclic) bond motifs is 2. The highest BCUT2D eigenvalue weighted by Crippen LogP contribution is 2.41. The summed E-state index contributed by atoms with van der Waals surface area (Å²) in [7, 11) is 3.16. The van der Waals surface area contributed by atoms with Crippen molar-refractivity contribution in [3.05, 3.63) is 68.6 Å². The van der Waals surface area contributed by atoms with Crippen molar-refractivity contribution < 1.29 is 23.4 Å². The molecule has 34 heavy (non-hydrogen) atoms. The first-order valence-corrected chi connectivity index (χ1v) is 11.6. The zero-order valence-corrected chi connectivity index (χ0v) is 20.4. The van der Waals surface area contributed by atoms with E-state index >= 15 is 0 Å². The number of aryl methyl sites for hydroxylation is 2. The normalized spacial score (nSPS) is 15.1. The van der Waals surface area contributed by atoms with Crippen molar-refractivity contribution in [1.82, 2.24) is 4.90 Å². The zero-order chi connectivity index (χ0) is 24.4. The summed E-state index contributed by atoms with van der Waals surface area (Å²) in [5.74, 6) is 0.947. The van der Waals surface area contributed by atoms with E-state index < -0.39 is 6.04 Å². The summed E-state index contributed by atoms with van der Waals surface area (Å²) in [4.78, 5) is 28.7. The minimum absolute atomic E-state index is 0.0871. The van der Waals surface area contributed by atoms with Gasteiger partial charge in [-0.2, -0.15) is 0 Å². The number of amides is 1. The van der Waals surface area contributed by atoms with E-state index in [1.54, 1.807) is 19.1 Å². The van der Waals surface area contributed by atoms with Gasteiger partial charge in [0.05, 0.1) is 37.3 Å². The van der Waals surface area contributed by atoms with Gasteiger partial charge in [0.15, 0.2) is 16.9 Å². The second-order valence-corrected chi connectivity index (χ2v) is 8.61. The molecule has 7 nitrogen and oxygen atoms in total. The molecule has 1 amide bonds. The standard InChI is InChI=1S/C27H31NO6/c1-6-7-11-33-20-9-8-18(15-22(20)32-5)24-23-25(29)19-13-16(2)17(3)14-21(19)34-26(23)27(30)28(24)10-12-31-4/h8-9,13-15,24H,6-7,10-12H2,1-5H3. The first-order chi connectivity index (χ1) is 16.4. The van der Waals surface area contributed by atoms with Gasteiger partial charge in [0, 0.05) is 13.7 Å². The fraction of sp³-hybridized carbons (Fsp3) is 0.407. The minimum atomic E-state index is -0.612. The van der Waals surface area contributed by atoms with Crippen LogP contribution in [0.15, 0.2) is 39.5 Å². The number of carbonyl (C=O) groups is 1. The molecule has 0 bridgehead atoms. The second-order valence-electron chi connectivity index (χ2n) is 8.61. The number of ether oxygens (including phenoxy) is 3. The monoisotopic (exact) mass is 465 g/mol. The zero-order valence-electron chi connectivity index (χ0n) is 20.4. The number of carbonyl (C=O) groups excluding carboxylic acids is 1. The Balaban J connectivity index is 1.87. The Hall–Kier alpha value is -3.32. The summed E-state index contributed by atoms with van der Waals surface area (Å²) in [6.45, 7) is 7.24. The highest BCUT2D eigenvalue weighted by atomic mass is 16.5. The quantitative estimate of drug-likeness (QED) is 0.423. The van der Waals surface area contributed by atoms with Crippen molar-refractivity contribution in [2.24, 2.45) is 0 Å². The molecule has 0 saturated heterocycles. The average molecular weight is 466 g/mol. The maximum Gasteiger partial charge on any atom is 0.290 e. The van der Waals surface area contributed by atoms with Gasteiger partial charge in [0.1, 0.15) is 5.58 Å². The van der Waals surface area contributed by atoms with E-state index in [-0.39, 0.29) is 17.1 Å². The molecule has 0 fully saturated rings. The van der Waals surface area contributed by atoms with Crippen LogP contribution < -0.4 is 14.9 Å². The molecule has 1 unspecified atom stereocenters. The maximum absolute atomic E-state index is 13.7. The number of nitrogens with zero attached hydrogens (tertiary/aromatic N) is 1. The van der Waals surface area contributed by atoms with Crippen LogP contribution in [-0.2, 0) is 4.74 Å². The minimum Gasteiger partial charge on any atom is -0.493 e. The molecule has 1 aliphatic heterocycles. The van der Waals surface area contributed by atoms with E-state index in [1.807, 2.05) is 44.2 Å². The van der Waals surface area contributed by atoms with Crippen LogP contribution in [0.4, 0.5) is 0 Å². The first kappa shape index (κ1) is 23.8. The number of rotatable bonds is 9. The lowest BCUT2D eigenvalue weighted by atomic mass is 9.97. The lowest BCUT2D eigenvalue weighted by Gasteiger charge is -2.25. The third-order valence-electron chi connectivity index (χ3n) is 6.38. The van der Waals surface area contributed by atoms with Crippen molar-refractivity contribution in [2.45, 2.75) is 39.7 Å². The molecule has 2 aromatic carbocycles. The molecule has 0 radical (unpaired) electrons. The molecule has 3 aromatic rings. The Bertz CT molecular complexity index is 1280. The van der Waals surface area contributed by atoms with Crippen molar-refractivity contribution in [2.75, 3.05) is 34.0 Å². The summed E-state index contributed by atoms with van der Waals surface area (Å²) < 4.78 is 22.7. The smallest absolute Gasteiger partial charge is 0.290 e. The Labute approximate surface area is 199 Å². The topological polar surface area (TPSA) is 78.2 Å². The largest absolute Gasteiger partial charge is 0.493 e. The Morgan fingerprint density at radius 3 is 2.47 bits per heavy atom. The predicted molar refractivity (Wildman–Crippen MR) is 130 cm³/mol. The third kappa shape index (κ3) is 4.16. The molecule has 180 valence electrons. The third-order valence-corrected chi connectivity index (χ3v) is 6.38. The molecular formula is C27H31NO6. The van der Waals surface area contributed by atoms with Crippen molar-refractivity contribution in [1.29, 1.82) is 0 Å². The summed E-state index contributed by atoms with van der Waals surface area (Å²) >= 11 is 0. The van der Waals surface area contributed by atoms with Gasteiger partial charge in [-0.05, 0) is 61.2 Å². The van der Waals surface area contributed by atoms with Gasteiger partial charge in [-0.1, -0.05) is 19.4 Å². The van der Waals surface area contributed by atoms with E-state index in [0.717, 1.165) is 29.5 Å². The average Bonchev–Trinajstić information content (AvgIpc) is 3.11. The van der Waals surface area contributed by atoms with Crippen molar-refractivity contribution >= 4 is 16.9 Å². The predicted octanol–water partition coefficient (Wildman–Crippen LogP) is 4.79. The molecule has 1 aromatic heterocycles. The van der Waals surface area contributed by atoms with Gasteiger partial charge in [-0.3, -0.25) is 9.59 Å². The molecule has 0 aliphatic carbocycles. The van der Waals surface area contributed by atoms with Crippen LogP contribution in [0.25, 0.3) is 11.0 Å². The number of methoxy groups -OCH3 is 2. The molecule has 4 rings (SSSR count). The van der Waals surface area contributed by atoms with Gasteiger partial charge in [0.25, 0.3) is 5.91 Å². The summed E-state index contributed by atoms with van der Waals surface area (Å²) in [5.41, 5.74) is 3.31. The van der Waals surface area contributed by atoms with Gasteiger partial charge >= 0.3 is 0 Å². The lowest BCUT2D eigenvalue weighted by molar-refractivity contribution is 0.0663. The Morgan fingerprint density at radius 2 is 1.76 bits per heavy atom. The molecule has 0 saturated carbocycles. The van der Waals surface area contributed by atoms with E-state index in [2.05, 4.69) is 6.92 Å². The van der Waals surface area contributed by atoms with Crippen LogP contribution >= 0.6 is 0 Å². The summed E-state index contributed by atoms with van der Waals surface area (Å²) in [5, 5.41) is 0.472.